The summed E-state index contributed by atoms with van der Waals surface area (Å²) in [6, 6.07) is 3.68. The lowest BCUT2D eigenvalue weighted by Crippen LogP contribution is -2.49. The van der Waals surface area contributed by atoms with Crippen LogP contribution in [0.5, 0.6) is 0 Å². The molecule has 3 amide bonds. The van der Waals surface area contributed by atoms with E-state index in [1.165, 1.54) is 29.3 Å². The molecule has 1 unspecified atom stereocenters. The summed E-state index contributed by atoms with van der Waals surface area (Å²) in [5.74, 6) is -1.56. The van der Waals surface area contributed by atoms with Crippen molar-refractivity contribution in [1.82, 2.24) is 19.8 Å². The Hall–Kier alpha value is -3.49. The molecule has 5 rings (SSSR count). The molecule has 3 heterocycles. The van der Waals surface area contributed by atoms with Gasteiger partial charge in [-0.2, -0.15) is 0 Å². The van der Waals surface area contributed by atoms with E-state index in [0.29, 0.717) is 5.56 Å². The first-order valence-corrected chi connectivity index (χ1v) is 10.9. The van der Waals surface area contributed by atoms with Gasteiger partial charge in [-0.3, -0.25) is 19.3 Å². The minimum absolute atomic E-state index is 0.0834. The predicted molar refractivity (Wildman–Crippen MR) is 112 cm³/mol. The van der Waals surface area contributed by atoms with E-state index < -0.39 is 17.9 Å². The van der Waals surface area contributed by atoms with Crippen LogP contribution in [-0.2, 0) is 22.5 Å². The van der Waals surface area contributed by atoms with Crippen LogP contribution in [0, 0.1) is 0 Å². The van der Waals surface area contributed by atoms with Gasteiger partial charge in [0.1, 0.15) is 6.04 Å². The van der Waals surface area contributed by atoms with Gasteiger partial charge in [0.15, 0.2) is 0 Å². The SMILES string of the molecule is COC(=O)C1Cc2nc[nH]c2CN1C(=O)c1ccc2c(c1)C(=O)N(C1CCCCC1)C2=O. The second-order valence-corrected chi connectivity index (χ2v) is 8.54. The Morgan fingerprint density at radius 1 is 1.09 bits per heavy atom. The van der Waals surface area contributed by atoms with Crippen LogP contribution in [-0.4, -0.2) is 62.7 Å². The number of hydrogen-bond donors (Lipinski definition) is 1. The van der Waals surface area contributed by atoms with Crippen LogP contribution in [0.4, 0.5) is 0 Å². The topological polar surface area (TPSA) is 113 Å². The van der Waals surface area contributed by atoms with Crippen LogP contribution >= 0.6 is 0 Å². The molecular weight excluding hydrogens is 412 g/mol. The van der Waals surface area contributed by atoms with Crippen molar-refractivity contribution >= 4 is 23.7 Å². The Labute approximate surface area is 184 Å². The molecule has 3 aliphatic rings. The second kappa shape index (κ2) is 7.89. The van der Waals surface area contributed by atoms with Crippen molar-refractivity contribution < 1.29 is 23.9 Å². The van der Waals surface area contributed by atoms with Gasteiger partial charge in [-0.15, -0.1) is 0 Å². The third kappa shape index (κ3) is 3.19. The van der Waals surface area contributed by atoms with Gasteiger partial charge in [-0.05, 0) is 31.0 Å². The number of carbonyl (C=O) groups excluding carboxylic acids is 4. The number of H-pyrrole nitrogens is 1. The van der Waals surface area contributed by atoms with Gasteiger partial charge in [0, 0.05) is 18.0 Å². The third-order valence-electron chi connectivity index (χ3n) is 6.74. The molecule has 1 aromatic heterocycles. The smallest absolute Gasteiger partial charge is 0.329 e. The van der Waals surface area contributed by atoms with Crippen LogP contribution in [0.1, 0.15) is 74.6 Å². The Kier molecular flexibility index (Phi) is 5.03. The summed E-state index contributed by atoms with van der Waals surface area (Å²) in [5, 5.41) is 0. The molecule has 9 nitrogen and oxygen atoms in total. The molecule has 0 saturated heterocycles. The fourth-order valence-corrected chi connectivity index (χ4v) is 5.03. The van der Waals surface area contributed by atoms with Crippen molar-refractivity contribution in [3.8, 4) is 0 Å². The van der Waals surface area contributed by atoms with E-state index in [1.54, 1.807) is 12.1 Å². The predicted octanol–water partition coefficient (Wildman–Crippen LogP) is 2.08. The lowest BCUT2D eigenvalue weighted by atomic mass is 9.94. The van der Waals surface area contributed by atoms with Gasteiger partial charge >= 0.3 is 5.97 Å². The molecule has 9 heteroatoms. The number of hydrogen-bond acceptors (Lipinski definition) is 6. The van der Waals surface area contributed by atoms with Crippen molar-refractivity contribution in [3.63, 3.8) is 0 Å². The van der Waals surface area contributed by atoms with Gasteiger partial charge in [0.25, 0.3) is 17.7 Å². The van der Waals surface area contributed by atoms with E-state index in [4.69, 9.17) is 4.74 Å². The van der Waals surface area contributed by atoms with Crippen molar-refractivity contribution in [2.45, 2.75) is 57.2 Å². The number of carbonyl (C=O) groups is 4. The highest BCUT2D eigenvalue weighted by atomic mass is 16.5. The molecule has 2 aliphatic heterocycles. The summed E-state index contributed by atoms with van der Waals surface area (Å²) in [6.45, 7) is 0.173. The Balaban J connectivity index is 1.45. The number of esters is 1. The zero-order chi connectivity index (χ0) is 22.4. The highest BCUT2D eigenvalue weighted by molar-refractivity contribution is 6.22. The number of aromatic nitrogens is 2. The molecule has 0 spiro atoms. The van der Waals surface area contributed by atoms with Crippen LogP contribution < -0.4 is 0 Å². The minimum atomic E-state index is -0.812. The maximum absolute atomic E-state index is 13.4. The molecule has 1 aliphatic carbocycles. The Morgan fingerprint density at radius 3 is 2.59 bits per heavy atom. The van der Waals surface area contributed by atoms with Crippen molar-refractivity contribution in [2.24, 2.45) is 0 Å². The number of aromatic amines is 1. The number of nitrogens with one attached hydrogen (secondary N) is 1. The number of amides is 3. The lowest BCUT2D eigenvalue weighted by Gasteiger charge is -2.33. The highest BCUT2D eigenvalue weighted by Crippen LogP contribution is 2.32. The van der Waals surface area contributed by atoms with Gasteiger partial charge in [-0.1, -0.05) is 19.3 Å². The monoisotopic (exact) mass is 436 g/mol. The molecule has 2 aromatic rings. The Morgan fingerprint density at radius 2 is 1.84 bits per heavy atom. The number of nitrogens with zero attached hydrogens (tertiary/aromatic N) is 3. The van der Waals surface area contributed by atoms with E-state index in [0.717, 1.165) is 43.5 Å². The molecule has 0 radical (unpaired) electrons. The quantitative estimate of drug-likeness (QED) is 0.582. The summed E-state index contributed by atoms with van der Waals surface area (Å²) in [6.07, 6.45) is 6.54. The maximum atomic E-state index is 13.4. The number of rotatable bonds is 3. The second-order valence-electron chi connectivity index (χ2n) is 8.54. The third-order valence-corrected chi connectivity index (χ3v) is 6.74. The molecule has 1 saturated carbocycles. The summed E-state index contributed by atoms with van der Waals surface area (Å²) >= 11 is 0. The average molecular weight is 436 g/mol. The first kappa shape index (κ1) is 20.4. The number of methoxy groups -OCH3 is 1. The summed E-state index contributed by atoms with van der Waals surface area (Å²) < 4.78 is 4.91. The van der Waals surface area contributed by atoms with Crippen molar-refractivity contribution in [2.75, 3.05) is 7.11 Å². The van der Waals surface area contributed by atoms with Crippen LogP contribution in [0.2, 0.25) is 0 Å². The van der Waals surface area contributed by atoms with Gasteiger partial charge < -0.3 is 14.6 Å². The molecule has 1 N–H and O–H groups in total. The number of benzene rings is 1. The van der Waals surface area contributed by atoms with Crippen LogP contribution in [0.15, 0.2) is 24.5 Å². The number of fused-ring (bicyclic) bond motifs is 2. The average Bonchev–Trinajstić information content (AvgIpc) is 3.39. The maximum Gasteiger partial charge on any atom is 0.329 e. The van der Waals surface area contributed by atoms with Crippen LogP contribution in [0.3, 0.4) is 0 Å². The molecule has 0 bridgehead atoms. The normalized spacial score (nSPS) is 20.8. The van der Waals surface area contributed by atoms with Crippen molar-refractivity contribution in [1.29, 1.82) is 0 Å². The summed E-state index contributed by atoms with van der Waals surface area (Å²) in [4.78, 5) is 61.8. The number of imidazole rings is 1. The summed E-state index contributed by atoms with van der Waals surface area (Å²) in [7, 11) is 1.28. The largest absolute Gasteiger partial charge is 0.467 e. The fraction of sp³-hybridized carbons (Fsp3) is 0.435. The Bertz CT molecular complexity index is 1120. The zero-order valence-electron chi connectivity index (χ0n) is 17.8. The fourth-order valence-electron chi connectivity index (χ4n) is 5.03. The van der Waals surface area contributed by atoms with Gasteiger partial charge in [0.05, 0.1) is 42.5 Å². The number of ether oxygens (including phenoxy) is 1. The number of imide groups is 1. The van der Waals surface area contributed by atoms with E-state index in [2.05, 4.69) is 9.97 Å². The van der Waals surface area contributed by atoms with E-state index in [1.807, 2.05) is 0 Å². The molecule has 1 atom stereocenters. The molecule has 32 heavy (non-hydrogen) atoms. The molecular formula is C23H24N4O5. The van der Waals surface area contributed by atoms with E-state index in [-0.39, 0.29) is 41.9 Å². The first-order valence-electron chi connectivity index (χ1n) is 10.9. The molecule has 1 fully saturated rings. The van der Waals surface area contributed by atoms with Crippen molar-refractivity contribution in [3.05, 3.63) is 52.6 Å². The van der Waals surface area contributed by atoms with Gasteiger partial charge in [-0.25, -0.2) is 9.78 Å². The van der Waals surface area contributed by atoms with E-state index in [9.17, 15) is 19.2 Å². The molecule has 166 valence electrons. The highest BCUT2D eigenvalue weighted by Gasteiger charge is 2.42. The minimum Gasteiger partial charge on any atom is -0.467 e. The zero-order valence-corrected chi connectivity index (χ0v) is 17.8. The first-order chi connectivity index (χ1) is 15.5. The van der Waals surface area contributed by atoms with E-state index >= 15 is 0 Å². The molecule has 1 aromatic carbocycles. The standard InChI is InChI=1S/C23H24N4O5/c1-32-23(31)19-10-17-18(25-12-24-17)11-26(19)20(28)13-7-8-15-16(9-13)22(30)27(21(15)29)14-5-3-2-4-6-14/h7-9,12,14,19H,2-6,10-11H2,1H3,(H,24,25). The summed E-state index contributed by atoms with van der Waals surface area (Å²) in [5.41, 5.74) is 2.32. The lowest BCUT2D eigenvalue weighted by molar-refractivity contribution is -0.146. The van der Waals surface area contributed by atoms with Crippen LogP contribution in [0.25, 0.3) is 0 Å². The van der Waals surface area contributed by atoms with Gasteiger partial charge in [0.2, 0.25) is 0 Å².